The van der Waals surface area contributed by atoms with Gasteiger partial charge in [-0.05, 0) is 12.1 Å². The van der Waals surface area contributed by atoms with Gasteiger partial charge in [-0.1, -0.05) is 18.2 Å². The van der Waals surface area contributed by atoms with Crippen molar-refractivity contribution in [3.63, 3.8) is 0 Å². The number of hydrogen-bond donors (Lipinski definition) is 0. The van der Waals surface area contributed by atoms with E-state index >= 15 is 0 Å². The van der Waals surface area contributed by atoms with E-state index in [1.54, 1.807) is 6.07 Å². The highest BCUT2D eigenvalue weighted by Crippen LogP contribution is 2.11. The lowest BCUT2D eigenvalue weighted by Gasteiger charge is -2.02. The number of carbonyl (C=O) groups is 1. The van der Waals surface area contributed by atoms with E-state index in [-0.39, 0.29) is 4.90 Å². The third kappa shape index (κ3) is 2.71. The third-order valence-corrected chi connectivity index (χ3v) is 2.82. The standard InChI is InChI=1S/C8H7ClO4S/c9-6-8(10)13-14(11,12)7-4-2-1-3-5-7/h1-5H,6H2. The van der Waals surface area contributed by atoms with Crippen molar-refractivity contribution in [1.29, 1.82) is 0 Å². The lowest BCUT2D eigenvalue weighted by atomic mass is 10.4. The normalized spacial score (nSPS) is 10.9. The number of benzene rings is 1. The fraction of sp³-hybridized carbons (Fsp3) is 0.125. The summed E-state index contributed by atoms with van der Waals surface area (Å²) in [4.78, 5) is 10.6. The van der Waals surface area contributed by atoms with Crippen LogP contribution < -0.4 is 0 Å². The van der Waals surface area contributed by atoms with Crippen molar-refractivity contribution in [2.24, 2.45) is 0 Å². The van der Waals surface area contributed by atoms with Crippen LogP contribution in [-0.2, 0) is 19.1 Å². The molecular weight excluding hydrogens is 228 g/mol. The first kappa shape index (κ1) is 11.0. The van der Waals surface area contributed by atoms with Gasteiger partial charge in [0.15, 0.2) is 0 Å². The third-order valence-electron chi connectivity index (χ3n) is 1.34. The van der Waals surface area contributed by atoms with Crippen LogP contribution in [0.3, 0.4) is 0 Å². The van der Waals surface area contributed by atoms with Gasteiger partial charge in [-0.15, -0.1) is 11.6 Å². The zero-order valence-corrected chi connectivity index (χ0v) is 8.59. The lowest BCUT2D eigenvalue weighted by molar-refractivity contribution is -0.131. The van der Waals surface area contributed by atoms with Gasteiger partial charge >= 0.3 is 16.1 Å². The highest BCUT2D eigenvalue weighted by atomic mass is 35.5. The van der Waals surface area contributed by atoms with Gasteiger partial charge in [-0.3, -0.25) is 0 Å². The van der Waals surface area contributed by atoms with Gasteiger partial charge in [-0.25, -0.2) is 4.79 Å². The van der Waals surface area contributed by atoms with Gasteiger partial charge in [0, 0.05) is 0 Å². The fourth-order valence-electron chi connectivity index (χ4n) is 0.780. The van der Waals surface area contributed by atoms with Crippen molar-refractivity contribution < 1.29 is 17.4 Å². The summed E-state index contributed by atoms with van der Waals surface area (Å²) >= 11 is 5.11. The van der Waals surface area contributed by atoms with Crippen molar-refractivity contribution in [1.82, 2.24) is 0 Å². The minimum Gasteiger partial charge on any atom is -0.341 e. The molecule has 6 heteroatoms. The van der Waals surface area contributed by atoms with Crippen LogP contribution in [-0.4, -0.2) is 20.3 Å². The van der Waals surface area contributed by atoms with E-state index < -0.39 is 22.0 Å². The van der Waals surface area contributed by atoms with Crippen LogP contribution in [0.5, 0.6) is 0 Å². The first-order valence-electron chi connectivity index (χ1n) is 3.64. The maximum atomic E-state index is 11.3. The molecule has 0 aliphatic carbocycles. The summed E-state index contributed by atoms with van der Waals surface area (Å²) in [7, 11) is -4.01. The maximum absolute atomic E-state index is 11.3. The molecule has 0 aliphatic heterocycles. The molecule has 1 rings (SSSR count). The number of alkyl halides is 1. The molecule has 0 unspecified atom stereocenters. The average molecular weight is 235 g/mol. The summed E-state index contributed by atoms with van der Waals surface area (Å²) in [6.07, 6.45) is 0. The first-order chi connectivity index (χ1) is 6.56. The Hall–Kier alpha value is -1.07. The molecule has 14 heavy (non-hydrogen) atoms. The molecule has 0 saturated carbocycles. The molecular formula is C8H7ClO4S. The molecule has 1 aromatic rings. The Morgan fingerprint density at radius 1 is 1.29 bits per heavy atom. The summed E-state index contributed by atoms with van der Waals surface area (Å²) in [5, 5.41) is 0. The smallest absolute Gasteiger partial charge is 0.341 e. The molecule has 0 radical (unpaired) electrons. The Kier molecular flexibility index (Phi) is 3.49. The van der Waals surface area contributed by atoms with Crippen molar-refractivity contribution >= 4 is 27.7 Å². The Labute approximate surface area is 86.6 Å². The van der Waals surface area contributed by atoms with Gasteiger partial charge in [0.1, 0.15) is 10.8 Å². The van der Waals surface area contributed by atoms with Crippen molar-refractivity contribution in [2.45, 2.75) is 4.90 Å². The van der Waals surface area contributed by atoms with E-state index in [0.717, 1.165) is 0 Å². The van der Waals surface area contributed by atoms with E-state index in [2.05, 4.69) is 4.18 Å². The van der Waals surface area contributed by atoms with Gasteiger partial charge in [0.05, 0.1) is 0 Å². The lowest BCUT2D eigenvalue weighted by Crippen LogP contribution is -2.13. The average Bonchev–Trinajstić information content (AvgIpc) is 2.18. The molecule has 0 bridgehead atoms. The Morgan fingerprint density at radius 2 is 1.86 bits per heavy atom. The molecule has 0 fully saturated rings. The van der Waals surface area contributed by atoms with Crippen molar-refractivity contribution in [2.75, 3.05) is 5.88 Å². The van der Waals surface area contributed by atoms with E-state index in [0.29, 0.717) is 0 Å². The summed E-state index contributed by atoms with van der Waals surface area (Å²) in [5.41, 5.74) is 0. The Balaban J connectivity index is 2.93. The van der Waals surface area contributed by atoms with Crippen LogP contribution in [0.25, 0.3) is 0 Å². The van der Waals surface area contributed by atoms with Gasteiger partial charge in [0.2, 0.25) is 0 Å². The summed E-state index contributed by atoms with van der Waals surface area (Å²) < 4.78 is 26.8. The highest BCUT2D eigenvalue weighted by molar-refractivity contribution is 7.87. The fourth-order valence-corrected chi connectivity index (χ4v) is 1.79. The molecule has 0 aliphatic rings. The largest absolute Gasteiger partial charge is 0.341 e. The maximum Gasteiger partial charge on any atom is 0.341 e. The van der Waals surface area contributed by atoms with E-state index in [4.69, 9.17) is 11.6 Å². The molecule has 0 spiro atoms. The number of rotatable bonds is 3. The van der Waals surface area contributed by atoms with Crippen LogP contribution >= 0.6 is 11.6 Å². The minimum absolute atomic E-state index is 0.0709. The molecule has 4 nitrogen and oxygen atoms in total. The Morgan fingerprint density at radius 3 is 2.36 bits per heavy atom. The van der Waals surface area contributed by atoms with Crippen molar-refractivity contribution in [3.8, 4) is 0 Å². The second-order valence-electron chi connectivity index (χ2n) is 2.36. The predicted octanol–water partition coefficient (Wildman–Crippen LogP) is 1.16. The van der Waals surface area contributed by atoms with Gasteiger partial charge < -0.3 is 4.18 Å². The van der Waals surface area contributed by atoms with Crippen LogP contribution in [0.1, 0.15) is 0 Å². The first-order valence-corrected chi connectivity index (χ1v) is 5.59. The van der Waals surface area contributed by atoms with Gasteiger partial charge in [0.25, 0.3) is 0 Å². The summed E-state index contributed by atoms with van der Waals surface area (Å²) in [6, 6.07) is 7.37. The van der Waals surface area contributed by atoms with Crippen LogP contribution in [0.4, 0.5) is 0 Å². The zero-order chi connectivity index (χ0) is 10.6. The quantitative estimate of drug-likeness (QED) is 0.582. The second kappa shape index (κ2) is 4.43. The Bertz CT molecular complexity index is 412. The zero-order valence-electron chi connectivity index (χ0n) is 7.01. The number of carbonyl (C=O) groups excluding carboxylic acids is 1. The molecule has 0 amide bonds. The van der Waals surface area contributed by atoms with Crippen LogP contribution in [0.15, 0.2) is 35.2 Å². The minimum atomic E-state index is -4.01. The molecule has 0 saturated heterocycles. The van der Waals surface area contributed by atoms with E-state index in [1.165, 1.54) is 24.3 Å². The number of hydrogen-bond acceptors (Lipinski definition) is 4. The van der Waals surface area contributed by atoms with Crippen LogP contribution in [0.2, 0.25) is 0 Å². The molecule has 0 atom stereocenters. The monoisotopic (exact) mass is 234 g/mol. The topological polar surface area (TPSA) is 60.4 Å². The molecule has 1 aromatic carbocycles. The van der Waals surface area contributed by atoms with Crippen LogP contribution in [0, 0.1) is 0 Å². The SMILES string of the molecule is O=C(CCl)OS(=O)(=O)c1ccccc1. The van der Waals surface area contributed by atoms with Crippen molar-refractivity contribution in [3.05, 3.63) is 30.3 Å². The second-order valence-corrected chi connectivity index (χ2v) is 4.17. The molecule has 0 N–H and O–H groups in total. The molecule has 76 valence electrons. The molecule has 0 aromatic heterocycles. The highest BCUT2D eigenvalue weighted by Gasteiger charge is 2.18. The van der Waals surface area contributed by atoms with Gasteiger partial charge in [-0.2, -0.15) is 8.42 Å². The summed E-state index contributed by atoms with van der Waals surface area (Å²) in [5.74, 6) is -1.48. The number of halogens is 1. The molecule has 0 heterocycles. The van der Waals surface area contributed by atoms with E-state index in [1.807, 2.05) is 0 Å². The predicted molar refractivity (Wildman–Crippen MR) is 50.4 cm³/mol. The summed E-state index contributed by atoms with van der Waals surface area (Å²) in [6.45, 7) is 0. The van der Waals surface area contributed by atoms with E-state index in [9.17, 15) is 13.2 Å².